The Kier molecular flexibility index (Phi) is 4.36. The number of aromatic nitrogens is 1. The van der Waals surface area contributed by atoms with Crippen LogP contribution in [0, 0.1) is 0 Å². The fraction of sp³-hybridized carbons (Fsp3) is 0.154. The molecule has 0 bridgehead atoms. The van der Waals surface area contributed by atoms with Gasteiger partial charge in [-0.15, -0.1) is 11.3 Å². The van der Waals surface area contributed by atoms with Crippen LogP contribution in [-0.4, -0.2) is 23.8 Å². The van der Waals surface area contributed by atoms with Gasteiger partial charge in [-0.05, 0) is 18.2 Å². The van der Waals surface area contributed by atoms with Gasteiger partial charge in [-0.3, -0.25) is 14.9 Å². The van der Waals surface area contributed by atoms with Crippen molar-refractivity contribution in [2.24, 2.45) is 0 Å². The van der Waals surface area contributed by atoms with Gasteiger partial charge in [-0.1, -0.05) is 11.6 Å². The van der Waals surface area contributed by atoms with Crippen molar-refractivity contribution in [3.8, 4) is 5.75 Å². The summed E-state index contributed by atoms with van der Waals surface area (Å²) < 4.78 is 5.11. The van der Waals surface area contributed by atoms with E-state index in [1.165, 1.54) is 25.4 Å². The van der Waals surface area contributed by atoms with Crippen LogP contribution in [0.15, 0.2) is 23.6 Å². The summed E-state index contributed by atoms with van der Waals surface area (Å²) in [5.74, 6) is -0.146. The van der Waals surface area contributed by atoms with Crippen molar-refractivity contribution in [1.82, 2.24) is 4.98 Å². The maximum atomic E-state index is 12.1. The topological polar surface area (TPSA) is 68.3 Å². The second kappa shape index (κ2) is 6.02. The van der Waals surface area contributed by atoms with E-state index in [0.717, 1.165) is 0 Å². The zero-order valence-electron chi connectivity index (χ0n) is 10.8. The molecule has 1 aromatic heterocycles. The first-order valence-corrected chi connectivity index (χ1v) is 6.88. The molecule has 0 radical (unpaired) electrons. The number of ether oxygens (including phenoxy) is 1. The number of hydrogen-bond donors (Lipinski definition) is 1. The van der Waals surface area contributed by atoms with Crippen molar-refractivity contribution in [3.05, 3.63) is 39.9 Å². The highest BCUT2D eigenvalue weighted by Crippen LogP contribution is 2.25. The molecule has 5 nitrogen and oxygen atoms in total. The Morgan fingerprint density at radius 3 is 2.75 bits per heavy atom. The minimum absolute atomic E-state index is 0.147. The zero-order chi connectivity index (χ0) is 14.7. The highest BCUT2D eigenvalue weighted by Gasteiger charge is 2.15. The molecule has 0 aliphatic rings. The second-order valence-corrected chi connectivity index (χ2v) is 5.19. The molecule has 0 aliphatic heterocycles. The van der Waals surface area contributed by atoms with Crippen LogP contribution in [0.5, 0.6) is 5.75 Å². The van der Waals surface area contributed by atoms with E-state index < -0.39 is 0 Å². The number of amides is 1. The summed E-state index contributed by atoms with van der Waals surface area (Å²) in [6.07, 6.45) is 0. The number of nitrogens with one attached hydrogen (secondary N) is 1. The van der Waals surface area contributed by atoms with Gasteiger partial charge in [0.2, 0.25) is 0 Å². The monoisotopic (exact) mass is 310 g/mol. The smallest absolute Gasteiger partial charge is 0.261 e. The average molecular weight is 311 g/mol. The van der Waals surface area contributed by atoms with E-state index in [-0.39, 0.29) is 11.7 Å². The number of carbonyl (C=O) groups is 2. The predicted molar refractivity (Wildman–Crippen MR) is 78.1 cm³/mol. The lowest BCUT2D eigenvalue weighted by Gasteiger charge is -2.08. The Morgan fingerprint density at radius 1 is 1.40 bits per heavy atom. The van der Waals surface area contributed by atoms with E-state index >= 15 is 0 Å². The van der Waals surface area contributed by atoms with E-state index in [1.807, 2.05) is 0 Å². The van der Waals surface area contributed by atoms with Crippen molar-refractivity contribution in [2.75, 3.05) is 12.4 Å². The van der Waals surface area contributed by atoms with E-state index in [2.05, 4.69) is 10.3 Å². The average Bonchev–Trinajstić information content (AvgIpc) is 2.87. The van der Waals surface area contributed by atoms with Crippen LogP contribution in [0.1, 0.15) is 27.8 Å². The van der Waals surface area contributed by atoms with Gasteiger partial charge in [0.05, 0.1) is 12.7 Å². The minimum atomic E-state index is -0.372. The molecule has 2 aromatic rings. The largest absolute Gasteiger partial charge is 0.496 e. The third kappa shape index (κ3) is 3.15. The molecule has 104 valence electrons. The first kappa shape index (κ1) is 14.5. The molecule has 20 heavy (non-hydrogen) atoms. The molecule has 1 amide bonds. The fourth-order valence-electron chi connectivity index (χ4n) is 1.51. The van der Waals surface area contributed by atoms with Gasteiger partial charge in [-0.25, -0.2) is 4.98 Å². The zero-order valence-corrected chi connectivity index (χ0v) is 12.3. The lowest BCUT2D eigenvalue weighted by atomic mass is 10.2. The molecule has 0 fully saturated rings. The number of anilines is 1. The van der Waals surface area contributed by atoms with Gasteiger partial charge in [0.1, 0.15) is 11.4 Å². The second-order valence-electron chi connectivity index (χ2n) is 3.89. The maximum Gasteiger partial charge on any atom is 0.261 e. The summed E-state index contributed by atoms with van der Waals surface area (Å²) >= 11 is 7.03. The molecular formula is C13H11ClN2O3S. The molecule has 0 saturated heterocycles. The normalized spacial score (nSPS) is 10.2. The molecular weight excluding hydrogens is 300 g/mol. The van der Waals surface area contributed by atoms with E-state index in [4.69, 9.17) is 16.3 Å². The summed E-state index contributed by atoms with van der Waals surface area (Å²) in [7, 11) is 1.46. The molecule has 2 rings (SSSR count). The Morgan fingerprint density at radius 2 is 2.15 bits per heavy atom. The Bertz CT molecular complexity index is 669. The summed E-state index contributed by atoms with van der Waals surface area (Å²) in [6.45, 7) is 1.42. The van der Waals surface area contributed by atoms with Gasteiger partial charge in [0.25, 0.3) is 5.91 Å². The van der Waals surface area contributed by atoms with Crippen molar-refractivity contribution < 1.29 is 14.3 Å². The molecule has 0 unspecified atom stereocenters. The van der Waals surface area contributed by atoms with Gasteiger partial charge in [-0.2, -0.15) is 0 Å². The van der Waals surface area contributed by atoms with Crippen LogP contribution >= 0.6 is 22.9 Å². The number of thiazole rings is 1. The van der Waals surface area contributed by atoms with E-state index in [9.17, 15) is 9.59 Å². The van der Waals surface area contributed by atoms with Gasteiger partial charge < -0.3 is 4.74 Å². The first-order valence-electron chi connectivity index (χ1n) is 5.62. The highest BCUT2D eigenvalue weighted by molar-refractivity contribution is 7.14. The minimum Gasteiger partial charge on any atom is -0.496 e. The fourth-order valence-corrected chi connectivity index (χ4v) is 2.42. The SMILES string of the molecule is COc1cc(Cl)ccc1C(=O)Nc1nc(C(C)=O)cs1. The lowest BCUT2D eigenvalue weighted by Crippen LogP contribution is -2.13. The van der Waals surface area contributed by atoms with Gasteiger partial charge >= 0.3 is 0 Å². The predicted octanol–water partition coefficient (Wildman–Crippen LogP) is 3.26. The van der Waals surface area contributed by atoms with Crippen LogP contribution in [0.2, 0.25) is 5.02 Å². The number of methoxy groups -OCH3 is 1. The third-order valence-electron chi connectivity index (χ3n) is 2.49. The van der Waals surface area contributed by atoms with Crippen molar-refractivity contribution in [3.63, 3.8) is 0 Å². The van der Waals surface area contributed by atoms with E-state index in [0.29, 0.717) is 27.2 Å². The summed E-state index contributed by atoms with van der Waals surface area (Å²) in [5, 5.41) is 5.05. The molecule has 0 aliphatic carbocycles. The van der Waals surface area contributed by atoms with Crippen LogP contribution in [0.25, 0.3) is 0 Å². The van der Waals surface area contributed by atoms with Crippen LogP contribution in [-0.2, 0) is 0 Å². The van der Waals surface area contributed by atoms with Crippen LogP contribution in [0.4, 0.5) is 5.13 Å². The quantitative estimate of drug-likeness (QED) is 0.880. The lowest BCUT2D eigenvalue weighted by molar-refractivity contribution is 0.100. The Hall–Kier alpha value is -1.92. The molecule has 0 spiro atoms. The number of Topliss-reactive ketones (excluding diaryl/α,β-unsaturated/α-hetero) is 1. The van der Waals surface area contributed by atoms with Crippen LogP contribution < -0.4 is 10.1 Å². The summed E-state index contributed by atoms with van der Waals surface area (Å²) in [5.41, 5.74) is 0.671. The molecule has 1 N–H and O–H groups in total. The van der Waals surface area contributed by atoms with Crippen molar-refractivity contribution >= 4 is 39.8 Å². The number of carbonyl (C=O) groups excluding carboxylic acids is 2. The maximum absolute atomic E-state index is 12.1. The number of ketones is 1. The standard InChI is InChI=1S/C13H11ClN2O3S/c1-7(17)10-6-20-13(15-10)16-12(18)9-4-3-8(14)5-11(9)19-2/h3-6H,1-2H3,(H,15,16,18). The molecule has 1 aromatic carbocycles. The number of halogens is 1. The van der Waals surface area contributed by atoms with Crippen molar-refractivity contribution in [1.29, 1.82) is 0 Å². The molecule has 7 heteroatoms. The first-order chi connectivity index (χ1) is 9.51. The third-order valence-corrected chi connectivity index (χ3v) is 3.49. The van der Waals surface area contributed by atoms with Gasteiger partial charge in [0, 0.05) is 17.3 Å². The van der Waals surface area contributed by atoms with E-state index in [1.54, 1.807) is 23.6 Å². The van der Waals surface area contributed by atoms with Gasteiger partial charge in [0.15, 0.2) is 10.9 Å². The Balaban J connectivity index is 2.21. The molecule has 1 heterocycles. The Labute approximate surface area is 124 Å². The number of rotatable bonds is 4. The summed E-state index contributed by atoms with van der Waals surface area (Å²) in [6, 6.07) is 4.72. The highest BCUT2D eigenvalue weighted by atomic mass is 35.5. The summed E-state index contributed by atoms with van der Waals surface area (Å²) in [4.78, 5) is 27.3. The number of hydrogen-bond acceptors (Lipinski definition) is 5. The number of benzene rings is 1. The van der Waals surface area contributed by atoms with Crippen LogP contribution in [0.3, 0.4) is 0 Å². The van der Waals surface area contributed by atoms with Crippen molar-refractivity contribution in [2.45, 2.75) is 6.92 Å². The molecule has 0 saturated carbocycles. The number of nitrogens with zero attached hydrogens (tertiary/aromatic N) is 1. The molecule has 0 atom stereocenters.